The molecule has 5 rings (SSSR count). The van der Waals surface area contributed by atoms with Gasteiger partial charge in [-0.2, -0.15) is 0 Å². The fraction of sp³-hybridized carbons (Fsp3) is 0.348. The first-order valence-corrected chi connectivity index (χ1v) is 13.0. The maximum atomic E-state index is 13.2. The molecule has 2 aromatic carbocycles. The van der Waals surface area contributed by atoms with Crippen LogP contribution >= 0.6 is 22.9 Å². The van der Waals surface area contributed by atoms with Crippen molar-refractivity contribution in [3.63, 3.8) is 0 Å². The Morgan fingerprint density at radius 1 is 1.10 bits per heavy atom. The number of rotatable bonds is 3. The first-order chi connectivity index (χ1) is 14.8. The average Bonchev–Trinajstić information content (AvgIpc) is 3.26. The van der Waals surface area contributed by atoms with Crippen molar-refractivity contribution in [1.29, 1.82) is 0 Å². The quantitative estimate of drug-likeness (QED) is 0.524. The van der Waals surface area contributed by atoms with Gasteiger partial charge in [0.15, 0.2) is 10.2 Å². The van der Waals surface area contributed by atoms with E-state index in [-0.39, 0.29) is 20.3 Å². The highest BCUT2D eigenvalue weighted by molar-refractivity contribution is 7.91. The Morgan fingerprint density at radius 3 is 2.55 bits per heavy atom. The fourth-order valence-electron chi connectivity index (χ4n) is 4.71. The van der Waals surface area contributed by atoms with E-state index in [0.717, 1.165) is 30.8 Å². The second-order valence-electron chi connectivity index (χ2n) is 8.55. The highest BCUT2D eigenvalue weighted by Gasteiger charge is 2.43. The zero-order valence-electron chi connectivity index (χ0n) is 17.7. The van der Waals surface area contributed by atoms with Crippen molar-refractivity contribution in [3.8, 4) is 0 Å². The second-order valence-corrected chi connectivity index (χ2v) is 12.0. The van der Waals surface area contributed by atoms with Crippen LogP contribution in [0.2, 0.25) is 4.34 Å². The maximum absolute atomic E-state index is 13.2. The minimum atomic E-state index is -3.78. The molecular formula is C23H24ClN3O2S2. The van der Waals surface area contributed by atoms with Crippen LogP contribution in [0.5, 0.6) is 0 Å². The summed E-state index contributed by atoms with van der Waals surface area (Å²) in [6.45, 7) is 6.01. The Labute approximate surface area is 192 Å². The number of sulfone groups is 1. The lowest BCUT2D eigenvalue weighted by atomic mass is 9.89. The van der Waals surface area contributed by atoms with Gasteiger partial charge in [0.1, 0.15) is 4.34 Å². The lowest BCUT2D eigenvalue weighted by Crippen LogP contribution is -2.43. The van der Waals surface area contributed by atoms with Crippen LogP contribution in [0.1, 0.15) is 29.0 Å². The van der Waals surface area contributed by atoms with Gasteiger partial charge in [-0.1, -0.05) is 58.3 Å². The van der Waals surface area contributed by atoms with E-state index in [1.807, 2.05) is 6.92 Å². The number of hydrogen-bond donors (Lipinski definition) is 0. The Bertz CT molecular complexity index is 1250. The molecule has 2 atom stereocenters. The molecule has 0 radical (unpaired) electrons. The number of likely N-dealkylation sites (N-methyl/N-ethyl adjacent to an activating group) is 1. The predicted molar refractivity (Wildman–Crippen MR) is 126 cm³/mol. The smallest absolute Gasteiger partial charge is 0.226 e. The highest BCUT2D eigenvalue weighted by Crippen LogP contribution is 2.50. The molecular weight excluding hydrogens is 450 g/mol. The SMILES string of the molecule is Cc1ccc(S(=O)(=O)c2nc(N3c4ccc(C)cc4[C@H]4CN(C)CC[C@H]43)sc2Cl)cc1. The molecule has 31 heavy (non-hydrogen) atoms. The molecule has 0 bridgehead atoms. The Kier molecular flexibility index (Phi) is 5.13. The third kappa shape index (κ3) is 3.48. The molecule has 162 valence electrons. The zero-order chi connectivity index (χ0) is 21.9. The summed E-state index contributed by atoms with van der Waals surface area (Å²) in [5.74, 6) is 0.369. The van der Waals surface area contributed by atoms with E-state index >= 15 is 0 Å². The van der Waals surface area contributed by atoms with Crippen molar-refractivity contribution < 1.29 is 8.42 Å². The summed E-state index contributed by atoms with van der Waals surface area (Å²) in [5, 5.41) is 0.598. The van der Waals surface area contributed by atoms with Gasteiger partial charge in [0.2, 0.25) is 9.84 Å². The van der Waals surface area contributed by atoms with E-state index in [0.29, 0.717) is 11.0 Å². The van der Waals surface area contributed by atoms with Crippen LogP contribution in [0.3, 0.4) is 0 Å². The van der Waals surface area contributed by atoms with Gasteiger partial charge in [-0.05, 0) is 57.6 Å². The third-order valence-corrected chi connectivity index (χ3v) is 9.48. The summed E-state index contributed by atoms with van der Waals surface area (Å²) in [6.07, 6.45) is 0.992. The molecule has 0 saturated carbocycles. The first kappa shape index (κ1) is 20.9. The van der Waals surface area contributed by atoms with E-state index in [4.69, 9.17) is 11.6 Å². The Morgan fingerprint density at radius 2 is 1.81 bits per heavy atom. The van der Waals surface area contributed by atoms with E-state index in [1.165, 1.54) is 22.5 Å². The number of nitrogens with zero attached hydrogens (tertiary/aromatic N) is 3. The largest absolute Gasteiger partial charge is 0.314 e. The number of piperidine rings is 1. The van der Waals surface area contributed by atoms with Gasteiger partial charge in [0.25, 0.3) is 0 Å². The van der Waals surface area contributed by atoms with Crippen LogP contribution in [0.4, 0.5) is 10.8 Å². The van der Waals surface area contributed by atoms with Crippen molar-refractivity contribution in [3.05, 3.63) is 63.5 Å². The second kappa shape index (κ2) is 7.59. The van der Waals surface area contributed by atoms with E-state index in [1.54, 1.807) is 24.3 Å². The molecule has 8 heteroatoms. The van der Waals surface area contributed by atoms with E-state index < -0.39 is 9.84 Å². The van der Waals surface area contributed by atoms with Crippen molar-refractivity contribution in [1.82, 2.24) is 9.88 Å². The Hall–Kier alpha value is -1.93. The van der Waals surface area contributed by atoms with Crippen molar-refractivity contribution >= 4 is 43.6 Å². The number of fused-ring (bicyclic) bond motifs is 3. The van der Waals surface area contributed by atoms with Gasteiger partial charge in [-0.25, -0.2) is 13.4 Å². The van der Waals surface area contributed by atoms with Crippen molar-refractivity contribution in [2.45, 2.75) is 42.1 Å². The fourth-order valence-corrected chi connectivity index (χ4v) is 7.67. The van der Waals surface area contributed by atoms with Gasteiger partial charge < -0.3 is 9.80 Å². The molecule has 3 heterocycles. The minimum absolute atomic E-state index is 0.0527. The number of hydrogen-bond acceptors (Lipinski definition) is 6. The van der Waals surface area contributed by atoms with Gasteiger partial charge in [0, 0.05) is 24.2 Å². The van der Waals surface area contributed by atoms with Gasteiger partial charge in [0.05, 0.1) is 4.90 Å². The van der Waals surface area contributed by atoms with E-state index in [9.17, 15) is 8.42 Å². The third-order valence-electron chi connectivity index (χ3n) is 6.29. The van der Waals surface area contributed by atoms with Crippen molar-refractivity contribution in [2.24, 2.45) is 0 Å². The summed E-state index contributed by atoms with van der Waals surface area (Å²) >= 11 is 7.73. The molecule has 5 nitrogen and oxygen atoms in total. The monoisotopic (exact) mass is 473 g/mol. The number of halogens is 1. The average molecular weight is 474 g/mol. The number of aromatic nitrogens is 1. The Balaban J connectivity index is 1.59. The first-order valence-electron chi connectivity index (χ1n) is 10.3. The lowest BCUT2D eigenvalue weighted by Gasteiger charge is -2.36. The zero-order valence-corrected chi connectivity index (χ0v) is 20.1. The summed E-state index contributed by atoms with van der Waals surface area (Å²) in [7, 11) is -1.63. The maximum Gasteiger partial charge on any atom is 0.226 e. The van der Waals surface area contributed by atoms with Crippen LogP contribution in [0.15, 0.2) is 52.4 Å². The number of aryl methyl sites for hydroxylation is 2. The van der Waals surface area contributed by atoms with Crippen LogP contribution in [-0.4, -0.2) is 44.5 Å². The van der Waals surface area contributed by atoms with Gasteiger partial charge in [-0.15, -0.1) is 0 Å². The summed E-state index contributed by atoms with van der Waals surface area (Å²) in [4.78, 5) is 9.40. The van der Waals surface area contributed by atoms with E-state index in [2.05, 4.69) is 47.0 Å². The van der Waals surface area contributed by atoms with Gasteiger partial charge >= 0.3 is 0 Å². The number of thiazole rings is 1. The predicted octanol–water partition coefficient (Wildman–Crippen LogP) is 5.19. The molecule has 0 amide bonds. The standard InChI is InChI=1S/C23H24ClN3O2S2/c1-14-4-7-16(8-5-14)31(28,29)22-21(24)30-23(25-22)27-19-9-6-15(2)12-17(19)18-13-26(3)11-10-20(18)27/h4-9,12,18,20H,10-11,13H2,1-3H3/t18-,20-/m1/s1. The van der Waals surface area contributed by atoms with Crippen LogP contribution in [0, 0.1) is 13.8 Å². The lowest BCUT2D eigenvalue weighted by molar-refractivity contribution is 0.236. The molecule has 0 unspecified atom stereocenters. The number of benzene rings is 2. The number of likely N-dealkylation sites (tertiary alicyclic amines) is 1. The minimum Gasteiger partial charge on any atom is -0.314 e. The molecule has 2 aliphatic heterocycles. The topological polar surface area (TPSA) is 53.5 Å². The van der Waals surface area contributed by atoms with Crippen LogP contribution < -0.4 is 4.90 Å². The van der Waals surface area contributed by atoms with Crippen LogP contribution in [-0.2, 0) is 9.84 Å². The van der Waals surface area contributed by atoms with Crippen molar-refractivity contribution in [2.75, 3.05) is 25.0 Å². The summed E-state index contributed by atoms with van der Waals surface area (Å²) in [6, 6.07) is 13.5. The molecule has 1 fully saturated rings. The molecule has 1 aromatic heterocycles. The number of anilines is 2. The molecule has 1 saturated heterocycles. The molecule has 3 aromatic rings. The van der Waals surface area contributed by atoms with Gasteiger partial charge in [-0.3, -0.25) is 0 Å². The molecule has 0 N–H and O–H groups in total. The normalized spacial score (nSPS) is 21.2. The summed E-state index contributed by atoms with van der Waals surface area (Å²) in [5.41, 5.74) is 4.65. The molecule has 0 spiro atoms. The molecule has 2 aliphatic rings. The highest BCUT2D eigenvalue weighted by atomic mass is 35.5. The van der Waals surface area contributed by atoms with Crippen LogP contribution in [0.25, 0.3) is 0 Å². The molecule has 0 aliphatic carbocycles. The summed E-state index contributed by atoms with van der Waals surface area (Å²) < 4.78 is 26.7.